The summed E-state index contributed by atoms with van der Waals surface area (Å²) in [5.74, 6) is 3.51. The zero-order valence-electron chi connectivity index (χ0n) is 8.19. The summed E-state index contributed by atoms with van der Waals surface area (Å²) in [6, 6.07) is 6.14. The van der Waals surface area contributed by atoms with Gasteiger partial charge in [0.25, 0.3) is 0 Å². The maximum Gasteiger partial charge on any atom is 0.106 e. The second-order valence-corrected chi connectivity index (χ2v) is 5.49. The van der Waals surface area contributed by atoms with E-state index in [0.717, 1.165) is 17.7 Å². The third-order valence-corrected chi connectivity index (χ3v) is 3.59. The lowest BCUT2D eigenvalue weighted by molar-refractivity contribution is 0.679. The van der Waals surface area contributed by atoms with Crippen LogP contribution >= 0.6 is 0 Å². The number of hydrogen-bond acceptors (Lipinski definition) is 1. The Morgan fingerprint density at radius 3 is 2.93 bits per heavy atom. The third-order valence-electron chi connectivity index (χ3n) is 2.47. The smallest absolute Gasteiger partial charge is 0.106 e. The van der Waals surface area contributed by atoms with Crippen molar-refractivity contribution < 1.29 is 4.21 Å². The third kappa shape index (κ3) is 1.51. The first-order valence-corrected chi connectivity index (χ1v) is 6.25. The van der Waals surface area contributed by atoms with E-state index in [9.17, 15) is 4.21 Å². The number of hydrogen-bond donors (Lipinski definition) is 1. The predicted molar refractivity (Wildman–Crippen MR) is 61.7 cm³/mol. The van der Waals surface area contributed by atoms with Crippen LogP contribution in [0.4, 0.5) is 5.69 Å². The van der Waals surface area contributed by atoms with Gasteiger partial charge in [-0.25, -0.2) is 9.35 Å². The molecule has 2 N–H and O–H groups in total. The Kier molecular flexibility index (Phi) is 2.05. The van der Waals surface area contributed by atoms with Gasteiger partial charge >= 0.3 is 0 Å². The van der Waals surface area contributed by atoms with Crippen molar-refractivity contribution in [3.8, 4) is 0 Å². The van der Waals surface area contributed by atoms with Gasteiger partial charge in [0.05, 0.1) is 5.69 Å². The number of fused-ring (bicyclic) bond motifs is 1. The topological polar surface area (TPSA) is 46.3 Å². The molecule has 1 aromatic carbocycles. The van der Waals surface area contributed by atoms with E-state index in [2.05, 4.69) is 18.0 Å². The average molecular weight is 210 g/mol. The fourth-order valence-corrected chi connectivity index (χ4v) is 2.68. The fraction of sp³-hybridized carbons (Fsp3) is 0.300. The SMILES string of the molecule is C=S(N)(=O)N1CCc2ccc(C)cc21. The monoisotopic (exact) mass is 210 g/mol. The van der Waals surface area contributed by atoms with Crippen LogP contribution in [0.5, 0.6) is 0 Å². The zero-order chi connectivity index (χ0) is 10.3. The van der Waals surface area contributed by atoms with E-state index < -0.39 is 9.89 Å². The van der Waals surface area contributed by atoms with Crippen molar-refractivity contribution >= 4 is 21.5 Å². The van der Waals surface area contributed by atoms with Gasteiger partial charge in [-0.15, -0.1) is 0 Å². The van der Waals surface area contributed by atoms with Crippen molar-refractivity contribution in [3.05, 3.63) is 29.3 Å². The second-order valence-electron chi connectivity index (χ2n) is 3.67. The first-order valence-electron chi connectivity index (χ1n) is 4.51. The van der Waals surface area contributed by atoms with Crippen LogP contribution in [0.1, 0.15) is 11.1 Å². The van der Waals surface area contributed by atoms with Gasteiger partial charge in [0.15, 0.2) is 0 Å². The molecule has 1 aromatic rings. The lowest BCUT2D eigenvalue weighted by Gasteiger charge is -2.20. The van der Waals surface area contributed by atoms with Gasteiger partial charge in [0.2, 0.25) is 0 Å². The molecular formula is C10H14N2OS. The van der Waals surface area contributed by atoms with Crippen LogP contribution in [0.15, 0.2) is 18.2 Å². The van der Waals surface area contributed by atoms with Crippen LogP contribution in [0, 0.1) is 6.92 Å². The molecule has 0 radical (unpaired) electrons. The first kappa shape index (κ1) is 9.55. The van der Waals surface area contributed by atoms with Crippen molar-refractivity contribution in [1.29, 1.82) is 0 Å². The molecule has 0 aliphatic carbocycles. The fourth-order valence-electron chi connectivity index (χ4n) is 1.78. The molecule has 1 atom stereocenters. The van der Waals surface area contributed by atoms with Crippen LogP contribution in [0.3, 0.4) is 0 Å². The Bertz CT molecular complexity index is 465. The minimum atomic E-state index is -2.60. The van der Waals surface area contributed by atoms with Crippen molar-refractivity contribution in [2.45, 2.75) is 13.3 Å². The molecule has 1 unspecified atom stereocenters. The molecular weight excluding hydrogens is 196 g/mol. The molecule has 0 saturated heterocycles. The number of aryl methyl sites for hydroxylation is 1. The Morgan fingerprint density at radius 1 is 1.57 bits per heavy atom. The predicted octanol–water partition coefficient (Wildman–Crippen LogP) is 0.863. The highest BCUT2D eigenvalue weighted by Gasteiger charge is 2.22. The average Bonchev–Trinajstić information content (AvgIpc) is 2.45. The number of anilines is 1. The molecule has 0 fully saturated rings. The van der Waals surface area contributed by atoms with Crippen molar-refractivity contribution in [1.82, 2.24) is 0 Å². The molecule has 1 aliphatic heterocycles. The largest absolute Gasteiger partial charge is 0.288 e. The van der Waals surface area contributed by atoms with E-state index in [1.54, 1.807) is 4.31 Å². The van der Waals surface area contributed by atoms with Gasteiger partial charge in [-0.3, -0.25) is 4.31 Å². The van der Waals surface area contributed by atoms with Gasteiger partial charge in [-0.05, 0) is 36.4 Å². The molecule has 2 rings (SSSR count). The Hall–Kier alpha value is -1.00. The van der Waals surface area contributed by atoms with E-state index in [-0.39, 0.29) is 0 Å². The second kappa shape index (κ2) is 3.00. The number of nitrogens with zero attached hydrogens (tertiary/aromatic N) is 1. The van der Waals surface area contributed by atoms with Crippen LogP contribution in [-0.4, -0.2) is 16.6 Å². The van der Waals surface area contributed by atoms with Crippen molar-refractivity contribution in [2.75, 3.05) is 10.8 Å². The van der Waals surface area contributed by atoms with E-state index in [1.807, 2.05) is 13.0 Å². The Morgan fingerprint density at radius 2 is 2.29 bits per heavy atom. The molecule has 1 heterocycles. The van der Waals surface area contributed by atoms with E-state index in [1.165, 1.54) is 5.56 Å². The van der Waals surface area contributed by atoms with E-state index in [4.69, 9.17) is 5.14 Å². The number of nitrogens with two attached hydrogens (primary N) is 1. The van der Waals surface area contributed by atoms with Gasteiger partial charge in [-0.1, -0.05) is 12.1 Å². The minimum Gasteiger partial charge on any atom is -0.288 e. The highest BCUT2D eigenvalue weighted by Crippen LogP contribution is 2.29. The molecule has 14 heavy (non-hydrogen) atoms. The number of benzene rings is 1. The maximum atomic E-state index is 11.7. The van der Waals surface area contributed by atoms with Crippen LogP contribution < -0.4 is 9.44 Å². The lowest BCUT2D eigenvalue weighted by atomic mass is 10.1. The summed E-state index contributed by atoms with van der Waals surface area (Å²) in [6.07, 6.45) is 0.902. The maximum absolute atomic E-state index is 11.7. The van der Waals surface area contributed by atoms with Gasteiger partial charge in [0, 0.05) is 6.54 Å². The van der Waals surface area contributed by atoms with Gasteiger partial charge in [-0.2, -0.15) is 0 Å². The van der Waals surface area contributed by atoms with Gasteiger partial charge < -0.3 is 0 Å². The molecule has 0 bridgehead atoms. The lowest BCUT2D eigenvalue weighted by Crippen LogP contribution is -2.34. The Balaban J connectivity index is 2.54. The number of rotatable bonds is 1. The molecule has 0 amide bonds. The highest BCUT2D eigenvalue weighted by atomic mass is 32.2. The summed E-state index contributed by atoms with van der Waals surface area (Å²) in [4.78, 5) is 0. The zero-order valence-corrected chi connectivity index (χ0v) is 9.01. The molecule has 3 nitrogen and oxygen atoms in total. The summed E-state index contributed by atoms with van der Waals surface area (Å²) in [5.41, 5.74) is 3.34. The summed E-state index contributed by atoms with van der Waals surface area (Å²) < 4.78 is 13.4. The standard InChI is InChI=1S/C10H14N2OS/c1-8-3-4-9-5-6-12(10(9)7-8)14(2,11)13/h3-4,7H,2,5-6H2,1H3,(H2,11,13). The van der Waals surface area contributed by atoms with Crippen LogP contribution in [-0.2, 0) is 16.3 Å². The van der Waals surface area contributed by atoms with Crippen molar-refractivity contribution in [2.24, 2.45) is 5.14 Å². The highest BCUT2D eigenvalue weighted by molar-refractivity contribution is 7.99. The molecule has 0 aromatic heterocycles. The summed E-state index contributed by atoms with van der Waals surface area (Å²) in [7, 11) is -2.60. The normalized spacial score (nSPS) is 19.1. The van der Waals surface area contributed by atoms with Gasteiger partial charge in [0.1, 0.15) is 9.89 Å². The molecule has 4 heteroatoms. The summed E-state index contributed by atoms with van der Waals surface area (Å²) >= 11 is 0. The quantitative estimate of drug-likeness (QED) is 0.687. The van der Waals surface area contributed by atoms with Crippen molar-refractivity contribution in [3.63, 3.8) is 0 Å². The summed E-state index contributed by atoms with van der Waals surface area (Å²) in [6.45, 7) is 2.72. The molecule has 76 valence electrons. The minimum absolute atomic E-state index is 0.706. The van der Waals surface area contributed by atoms with Crippen LogP contribution in [0.2, 0.25) is 0 Å². The molecule has 1 aliphatic rings. The van der Waals surface area contributed by atoms with E-state index >= 15 is 0 Å². The summed E-state index contributed by atoms with van der Waals surface area (Å²) in [5, 5.41) is 5.55. The first-order chi connectivity index (χ1) is 6.48. The Labute approximate surface area is 84.8 Å². The molecule has 0 saturated carbocycles. The molecule has 0 spiro atoms. The van der Waals surface area contributed by atoms with E-state index in [0.29, 0.717) is 6.54 Å². The van der Waals surface area contributed by atoms with Crippen LogP contribution in [0.25, 0.3) is 0 Å².